The van der Waals surface area contributed by atoms with Crippen LogP contribution in [0.2, 0.25) is 0 Å². The van der Waals surface area contributed by atoms with Crippen molar-refractivity contribution >= 4 is 5.91 Å². The zero-order valence-electron chi connectivity index (χ0n) is 16.8. The van der Waals surface area contributed by atoms with Crippen molar-refractivity contribution in [3.8, 4) is 5.69 Å². The molecule has 148 valence electrons. The lowest BCUT2D eigenvalue weighted by Crippen LogP contribution is -2.33. The van der Waals surface area contributed by atoms with E-state index in [1.54, 1.807) is 11.6 Å². The summed E-state index contributed by atoms with van der Waals surface area (Å²) in [7, 11) is 0. The maximum absolute atomic E-state index is 12.8. The third-order valence-electron chi connectivity index (χ3n) is 5.54. The molecule has 0 saturated carbocycles. The number of amides is 1. The quantitative estimate of drug-likeness (QED) is 0.738. The van der Waals surface area contributed by atoms with Gasteiger partial charge >= 0.3 is 0 Å². The van der Waals surface area contributed by atoms with Gasteiger partial charge in [0.1, 0.15) is 0 Å². The largest absolute Gasteiger partial charge is 0.344 e. The smallest absolute Gasteiger partial charge is 0.276 e. The average molecular weight is 387 g/mol. The van der Waals surface area contributed by atoms with Gasteiger partial charge in [-0.3, -0.25) is 9.59 Å². The van der Waals surface area contributed by atoms with Crippen LogP contribution in [-0.2, 0) is 12.8 Å². The van der Waals surface area contributed by atoms with Crippen molar-refractivity contribution in [3.05, 3.63) is 92.9 Å². The number of rotatable bonds is 4. The molecule has 1 unspecified atom stereocenters. The lowest BCUT2D eigenvalue weighted by Gasteiger charge is -2.20. The number of nitrogens with one attached hydrogen (secondary N) is 1. The van der Waals surface area contributed by atoms with Crippen LogP contribution in [0.4, 0.5) is 0 Å². The van der Waals surface area contributed by atoms with Crippen LogP contribution in [0.5, 0.6) is 0 Å². The fraction of sp³-hybridized carbons (Fsp3) is 0.292. The number of nitrogens with zero attached hydrogens (tertiary/aromatic N) is 2. The van der Waals surface area contributed by atoms with E-state index >= 15 is 0 Å². The van der Waals surface area contributed by atoms with Crippen LogP contribution in [0.1, 0.15) is 58.7 Å². The van der Waals surface area contributed by atoms with Crippen molar-refractivity contribution in [2.75, 3.05) is 0 Å². The molecule has 5 nitrogen and oxygen atoms in total. The summed E-state index contributed by atoms with van der Waals surface area (Å²) in [6, 6.07) is 17.2. The number of hydrogen-bond donors (Lipinski definition) is 1. The molecule has 2 aromatic carbocycles. The Bertz CT molecular complexity index is 1100. The lowest BCUT2D eigenvalue weighted by atomic mass is 9.89. The highest BCUT2D eigenvalue weighted by atomic mass is 16.2. The van der Waals surface area contributed by atoms with E-state index in [2.05, 4.69) is 28.6 Å². The predicted molar refractivity (Wildman–Crippen MR) is 114 cm³/mol. The first-order valence-corrected chi connectivity index (χ1v) is 10.1. The molecule has 0 spiro atoms. The Morgan fingerprint density at radius 2 is 1.76 bits per heavy atom. The molecule has 29 heavy (non-hydrogen) atoms. The summed E-state index contributed by atoms with van der Waals surface area (Å²) in [5.41, 5.74) is 4.85. The molecule has 1 aliphatic carbocycles. The van der Waals surface area contributed by atoms with Crippen molar-refractivity contribution in [2.24, 2.45) is 0 Å². The molecule has 5 heteroatoms. The van der Waals surface area contributed by atoms with Crippen LogP contribution < -0.4 is 10.7 Å². The Morgan fingerprint density at radius 3 is 2.52 bits per heavy atom. The summed E-state index contributed by atoms with van der Waals surface area (Å²) in [6.07, 6.45) is 4.67. The second-order valence-corrected chi connectivity index (χ2v) is 7.68. The van der Waals surface area contributed by atoms with E-state index in [1.807, 2.05) is 37.3 Å². The molecule has 1 heterocycles. The highest BCUT2D eigenvalue weighted by Crippen LogP contribution is 2.24. The summed E-state index contributed by atoms with van der Waals surface area (Å²) in [6.45, 7) is 3.74. The predicted octanol–water partition coefficient (Wildman–Crippen LogP) is 3.91. The van der Waals surface area contributed by atoms with Crippen molar-refractivity contribution in [2.45, 2.75) is 45.6 Å². The monoisotopic (exact) mass is 387 g/mol. The molecular weight excluding hydrogens is 362 g/mol. The van der Waals surface area contributed by atoms with Crippen molar-refractivity contribution < 1.29 is 4.79 Å². The third kappa shape index (κ3) is 3.99. The number of aromatic nitrogens is 2. The van der Waals surface area contributed by atoms with Crippen molar-refractivity contribution in [1.82, 2.24) is 15.1 Å². The molecule has 1 N–H and O–H groups in total. The fourth-order valence-corrected chi connectivity index (χ4v) is 3.91. The van der Waals surface area contributed by atoms with Crippen LogP contribution >= 0.6 is 0 Å². The van der Waals surface area contributed by atoms with Gasteiger partial charge in [-0.15, -0.1) is 0 Å². The first-order valence-electron chi connectivity index (χ1n) is 10.1. The number of aryl methyl sites for hydroxylation is 3. The number of hydrogen-bond acceptors (Lipinski definition) is 3. The minimum atomic E-state index is -0.454. The topological polar surface area (TPSA) is 64.0 Å². The standard InChI is InChI=1S/C24H25N3O2/c1-16-14-22(28)23(26-27(16)21-10-4-3-5-11-21)24(29)25-17(2)19-13-12-18-8-6-7-9-20(18)15-19/h3-5,10-15,17H,6-9H2,1-2H3,(H,25,29). The van der Waals surface area contributed by atoms with Gasteiger partial charge in [0.05, 0.1) is 11.7 Å². The Balaban J connectivity index is 1.59. The summed E-state index contributed by atoms with van der Waals surface area (Å²) in [4.78, 5) is 25.3. The normalized spacial score (nSPS) is 14.1. The highest BCUT2D eigenvalue weighted by Gasteiger charge is 2.19. The summed E-state index contributed by atoms with van der Waals surface area (Å²) in [5.74, 6) is -0.454. The van der Waals surface area contributed by atoms with E-state index in [1.165, 1.54) is 30.0 Å². The molecule has 0 fully saturated rings. The maximum atomic E-state index is 12.8. The Kier molecular flexibility index (Phi) is 5.30. The summed E-state index contributed by atoms with van der Waals surface area (Å²) >= 11 is 0. The van der Waals surface area contributed by atoms with E-state index in [0.29, 0.717) is 5.69 Å². The van der Waals surface area contributed by atoms with Gasteiger partial charge in [-0.05, 0) is 68.4 Å². The van der Waals surface area contributed by atoms with Gasteiger partial charge in [0.15, 0.2) is 5.69 Å². The molecular formula is C24H25N3O2. The lowest BCUT2D eigenvalue weighted by molar-refractivity contribution is 0.0932. The van der Waals surface area contributed by atoms with Gasteiger partial charge in [-0.25, -0.2) is 4.68 Å². The van der Waals surface area contributed by atoms with Gasteiger partial charge < -0.3 is 5.32 Å². The van der Waals surface area contributed by atoms with E-state index in [9.17, 15) is 9.59 Å². The minimum Gasteiger partial charge on any atom is -0.344 e. The molecule has 0 radical (unpaired) electrons. The maximum Gasteiger partial charge on any atom is 0.276 e. The molecule has 0 aliphatic heterocycles. The van der Waals surface area contributed by atoms with Crippen molar-refractivity contribution in [3.63, 3.8) is 0 Å². The molecule has 1 aliphatic rings. The highest BCUT2D eigenvalue weighted by molar-refractivity contribution is 5.92. The van der Waals surface area contributed by atoms with Crippen molar-refractivity contribution in [1.29, 1.82) is 0 Å². The van der Waals surface area contributed by atoms with Crippen LogP contribution in [-0.4, -0.2) is 15.7 Å². The molecule has 1 atom stereocenters. The first-order chi connectivity index (χ1) is 14.0. The Labute approximate surface area is 170 Å². The van der Waals surface area contributed by atoms with Gasteiger partial charge in [-0.2, -0.15) is 5.10 Å². The number of benzene rings is 2. The van der Waals surface area contributed by atoms with Gasteiger partial charge in [-0.1, -0.05) is 36.4 Å². The fourth-order valence-electron chi connectivity index (χ4n) is 3.91. The molecule has 0 bridgehead atoms. The van der Waals surface area contributed by atoms with Crippen LogP contribution in [0, 0.1) is 6.92 Å². The number of carbonyl (C=O) groups excluding carboxylic acids is 1. The van der Waals surface area contributed by atoms with E-state index < -0.39 is 5.91 Å². The first kappa shape index (κ1) is 19.1. The zero-order valence-corrected chi connectivity index (χ0v) is 16.8. The molecule has 3 aromatic rings. The van der Waals surface area contributed by atoms with Crippen LogP contribution in [0.3, 0.4) is 0 Å². The number of fused-ring (bicyclic) bond motifs is 1. The molecule has 1 aromatic heterocycles. The minimum absolute atomic E-state index is 0.0933. The van der Waals surface area contributed by atoms with Gasteiger partial charge in [0, 0.05) is 11.8 Å². The molecule has 0 saturated heterocycles. The average Bonchev–Trinajstić information content (AvgIpc) is 2.74. The summed E-state index contributed by atoms with van der Waals surface area (Å²) in [5, 5.41) is 7.29. The number of para-hydroxylation sites is 1. The second-order valence-electron chi connectivity index (χ2n) is 7.68. The number of carbonyl (C=O) groups is 1. The van der Waals surface area contributed by atoms with Crippen LogP contribution in [0.15, 0.2) is 59.4 Å². The SMILES string of the molecule is Cc1cc(=O)c(C(=O)NC(C)c2ccc3c(c2)CCCC3)nn1-c1ccccc1. The Morgan fingerprint density at radius 1 is 1.03 bits per heavy atom. The van der Waals surface area contributed by atoms with E-state index in [0.717, 1.165) is 24.1 Å². The third-order valence-corrected chi connectivity index (χ3v) is 5.54. The summed E-state index contributed by atoms with van der Waals surface area (Å²) < 4.78 is 1.62. The van der Waals surface area contributed by atoms with Gasteiger partial charge in [0.2, 0.25) is 5.43 Å². The van der Waals surface area contributed by atoms with Crippen LogP contribution in [0.25, 0.3) is 5.69 Å². The van der Waals surface area contributed by atoms with Gasteiger partial charge in [0.25, 0.3) is 5.91 Å². The zero-order chi connectivity index (χ0) is 20.4. The molecule has 4 rings (SSSR count). The Hall–Kier alpha value is -3.21. The van der Waals surface area contributed by atoms with E-state index in [-0.39, 0.29) is 17.2 Å². The van der Waals surface area contributed by atoms with E-state index in [4.69, 9.17) is 0 Å². The second kappa shape index (κ2) is 8.03. The molecule has 1 amide bonds.